The molecule has 1 saturated heterocycles. The molecule has 0 aliphatic carbocycles. The van der Waals surface area contributed by atoms with Crippen molar-refractivity contribution >= 4 is 17.1 Å². The first kappa shape index (κ1) is 16.5. The van der Waals surface area contributed by atoms with Gasteiger partial charge in [-0.05, 0) is 31.5 Å². The number of imidazole rings is 1. The molecule has 0 spiro atoms. The number of rotatable bonds is 3. The molecular formula is C18H19N5O3. The summed E-state index contributed by atoms with van der Waals surface area (Å²) in [5, 5.41) is 9.79. The molecule has 1 amide bonds. The number of nitrogens with zero attached hydrogens (tertiary/aromatic N) is 4. The van der Waals surface area contributed by atoms with Gasteiger partial charge in [-0.1, -0.05) is 0 Å². The highest BCUT2D eigenvalue weighted by Crippen LogP contribution is 2.23. The van der Waals surface area contributed by atoms with Crippen molar-refractivity contribution in [3.8, 4) is 11.1 Å². The first-order valence-electron chi connectivity index (χ1n) is 8.33. The fraction of sp³-hybridized carbons (Fsp3) is 0.333. The van der Waals surface area contributed by atoms with Crippen molar-refractivity contribution in [2.45, 2.75) is 26.0 Å². The van der Waals surface area contributed by atoms with Crippen molar-refractivity contribution in [1.82, 2.24) is 24.4 Å². The molecule has 3 aromatic rings. The Kier molecular flexibility index (Phi) is 3.66. The minimum atomic E-state index is -0.840. The van der Waals surface area contributed by atoms with E-state index in [1.165, 1.54) is 9.47 Å². The molecule has 4 heterocycles. The van der Waals surface area contributed by atoms with Crippen LogP contribution >= 0.6 is 0 Å². The van der Waals surface area contributed by atoms with E-state index in [0.717, 1.165) is 16.7 Å². The van der Waals surface area contributed by atoms with Crippen molar-refractivity contribution in [1.29, 1.82) is 0 Å². The molecule has 0 bridgehead atoms. The normalized spacial score (nSPS) is 15.9. The van der Waals surface area contributed by atoms with Gasteiger partial charge in [-0.2, -0.15) is 0 Å². The number of H-pyrrole nitrogens is 1. The number of hydrogen-bond acceptors (Lipinski definition) is 5. The number of aromatic amines is 1. The summed E-state index contributed by atoms with van der Waals surface area (Å²) in [6.07, 6.45) is 5.17. The summed E-state index contributed by atoms with van der Waals surface area (Å²) in [6.45, 7) is 4.10. The van der Waals surface area contributed by atoms with E-state index in [1.807, 2.05) is 19.1 Å². The Hall–Kier alpha value is -3.00. The molecule has 8 heteroatoms. The molecule has 1 aliphatic heterocycles. The predicted octanol–water partition coefficient (Wildman–Crippen LogP) is 0.688. The molecule has 0 saturated carbocycles. The molecule has 0 radical (unpaired) electrons. The molecule has 0 aromatic carbocycles. The molecule has 134 valence electrons. The Balaban J connectivity index is 1.68. The molecule has 0 unspecified atom stereocenters. The number of amides is 1. The minimum Gasteiger partial charge on any atom is -0.386 e. The van der Waals surface area contributed by atoms with Crippen molar-refractivity contribution in [2.24, 2.45) is 0 Å². The maximum absolute atomic E-state index is 12.4. The molecule has 0 atom stereocenters. The lowest BCUT2D eigenvalue weighted by molar-refractivity contribution is -0.152. The van der Waals surface area contributed by atoms with Crippen LogP contribution in [0.5, 0.6) is 0 Å². The van der Waals surface area contributed by atoms with Gasteiger partial charge < -0.3 is 10.0 Å². The van der Waals surface area contributed by atoms with Crippen LogP contribution in [-0.2, 0) is 11.3 Å². The number of carbonyl (C=O) groups excluding carboxylic acids is 1. The van der Waals surface area contributed by atoms with E-state index < -0.39 is 5.60 Å². The number of pyridine rings is 2. The van der Waals surface area contributed by atoms with E-state index in [0.29, 0.717) is 11.2 Å². The van der Waals surface area contributed by atoms with Gasteiger partial charge in [0.2, 0.25) is 5.91 Å². The summed E-state index contributed by atoms with van der Waals surface area (Å²) in [6, 6.07) is 3.81. The average molecular weight is 353 g/mol. The number of β-amino-alcohol motifs (C(OH)–C–C–N with tert-alkyl or cyclic N) is 1. The lowest BCUT2D eigenvalue weighted by atomic mass is 9.97. The maximum Gasteiger partial charge on any atom is 0.328 e. The second kappa shape index (κ2) is 5.77. The third kappa shape index (κ3) is 2.88. The largest absolute Gasteiger partial charge is 0.386 e. The molecule has 1 aliphatic rings. The van der Waals surface area contributed by atoms with Gasteiger partial charge in [-0.25, -0.2) is 9.78 Å². The van der Waals surface area contributed by atoms with E-state index in [2.05, 4.69) is 15.0 Å². The van der Waals surface area contributed by atoms with Crippen molar-refractivity contribution in [3.05, 3.63) is 46.8 Å². The number of nitrogens with one attached hydrogen (secondary N) is 1. The van der Waals surface area contributed by atoms with E-state index >= 15 is 0 Å². The Labute approximate surface area is 149 Å². The number of fused-ring (bicyclic) bond motifs is 1. The predicted molar refractivity (Wildman–Crippen MR) is 95.5 cm³/mol. The summed E-state index contributed by atoms with van der Waals surface area (Å²) < 4.78 is 1.38. The van der Waals surface area contributed by atoms with Gasteiger partial charge in [0.05, 0.1) is 24.2 Å². The van der Waals surface area contributed by atoms with Crippen molar-refractivity contribution in [3.63, 3.8) is 0 Å². The van der Waals surface area contributed by atoms with Crippen LogP contribution in [0.15, 0.2) is 35.5 Å². The Morgan fingerprint density at radius 1 is 1.27 bits per heavy atom. The molecule has 3 aromatic heterocycles. The zero-order valence-corrected chi connectivity index (χ0v) is 14.6. The Morgan fingerprint density at radius 3 is 2.69 bits per heavy atom. The first-order valence-corrected chi connectivity index (χ1v) is 8.33. The minimum absolute atomic E-state index is 0.0912. The molecule has 8 nitrogen and oxygen atoms in total. The number of aryl methyl sites for hydroxylation is 1. The SMILES string of the molecule is Cc1cncc(-c2cnc3[nH]c(=O)n(CC(=O)N4CC(C)(O)C4)c3c2)c1. The quantitative estimate of drug-likeness (QED) is 0.721. The number of aromatic nitrogens is 4. The summed E-state index contributed by atoms with van der Waals surface area (Å²) in [4.78, 5) is 37.4. The highest BCUT2D eigenvalue weighted by Gasteiger charge is 2.39. The number of carbonyl (C=O) groups is 1. The van der Waals surface area contributed by atoms with E-state index in [9.17, 15) is 14.7 Å². The van der Waals surface area contributed by atoms with Crippen LogP contribution in [0.3, 0.4) is 0 Å². The zero-order valence-electron chi connectivity index (χ0n) is 14.6. The van der Waals surface area contributed by atoms with Crippen LogP contribution in [0.1, 0.15) is 12.5 Å². The van der Waals surface area contributed by atoms with Crippen LogP contribution in [-0.4, -0.2) is 54.1 Å². The Bertz CT molecular complexity index is 1060. The smallest absolute Gasteiger partial charge is 0.328 e. The van der Waals surface area contributed by atoms with Gasteiger partial charge in [0.25, 0.3) is 0 Å². The number of hydrogen-bond donors (Lipinski definition) is 2. The molecule has 1 fully saturated rings. The maximum atomic E-state index is 12.4. The molecule has 2 N–H and O–H groups in total. The van der Waals surface area contributed by atoms with Crippen LogP contribution in [0.25, 0.3) is 22.3 Å². The van der Waals surface area contributed by atoms with E-state index in [1.54, 1.807) is 25.5 Å². The second-order valence-corrected chi connectivity index (χ2v) is 7.11. The third-order valence-corrected chi connectivity index (χ3v) is 4.55. The van der Waals surface area contributed by atoms with Gasteiger partial charge in [-0.15, -0.1) is 0 Å². The average Bonchev–Trinajstić information content (AvgIpc) is 2.87. The van der Waals surface area contributed by atoms with Gasteiger partial charge in [0.15, 0.2) is 5.65 Å². The highest BCUT2D eigenvalue weighted by atomic mass is 16.3. The van der Waals surface area contributed by atoms with Crippen LogP contribution < -0.4 is 5.69 Å². The van der Waals surface area contributed by atoms with E-state index in [-0.39, 0.29) is 31.2 Å². The third-order valence-electron chi connectivity index (χ3n) is 4.55. The monoisotopic (exact) mass is 353 g/mol. The zero-order chi connectivity index (χ0) is 18.5. The van der Waals surface area contributed by atoms with Crippen LogP contribution in [0.4, 0.5) is 0 Å². The number of likely N-dealkylation sites (tertiary alicyclic amines) is 1. The second-order valence-electron chi connectivity index (χ2n) is 7.11. The fourth-order valence-electron chi connectivity index (χ4n) is 3.25. The van der Waals surface area contributed by atoms with Crippen LogP contribution in [0.2, 0.25) is 0 Å². The van der Waals surface area contributed by atoms with Gasteiger partial charge in [0, 0.05) is 29.7 Å². The molecule has 26 heavy (non-hydrogen) atoms. The lowest BCUT2D eigenvalue weighted by Crippen LogP contribution is -2.62. The van der Waals surface area contributed by atoms with Gasteiger partial charge in [0.1, 0.15) is 6.54 Å². The summed E-state index contributed by atoms with van der Waals surface area (Å²) in [5.41, 5.74) is 2.51. The molecule has 4 rings (SSSR count). The first-order chi connectivity index (χ1) is 12.3. The Morgan fingerprint density at radius 2 is 2.00 bits per heavy atom. The fourth-order valence-corrected chi connectivity index (χ4v) is 3.25. The van der Waals surface area contributed by atoms with Crippen molar-refractivity contribution in [2.75, 3.05) is 13.1 Å². The van der Waals surface area contributed by atoms with Gasteiger partial charge >= 0.3 is 5.69 Å². The molecular weight excluding hydrogens is 334 g/mol. The van der Waals surface area contributed by atoms with Crippen molar-refractivity contribution < 1.29 is 9.90 Å². The summed E-state index contributed by atoms with van der Waals surface area (Å²) in [5.74, 6) is -0.206. The number of aliphatic hydroxyl groups is 1. The standard InChI is InChI=1S/C18H19N5O3/c1-11-3-12(6-19-5-11)13-4-14-16(20-7-13)21-17(25)23(14)8-15(24)22-9-18(2,26)10-22/h3-7,26H,8-10H2,1-2H3,(H,20,21,25). The lowest BCUT2D eigenvalue weighted by Gasteiger charge is -2.44. The summed E-state index contributed by atoms with van der Waals surface area (Å²) in [7, 11) is 0. The summed E-state index contributed by atoms with van der Waals surface area (Å²) >= 11 is 0. The van der Waals surface area contributed by atoms with E-state index in [4.69, 9.17) is 0 Å². The van der Waals surface area contributed by atoms with Gasteiger partial charge in [-0.3, -0.25) is 19.3 Å². The highest BCUT2D eigenvalue weighted by molar-refractivity contribution is 5.82. The topological polar surface area (TPSA) is 104 Å². The van der Waals surface area contributed by atoms with Crippen LogP contribution in [0, 0.1) is 6.92 Å².